The van der Waals surface area contributed by atoms with Crippen LogP contribution >= 0.6 is 15.9 Å². The summed E-state index contributed by atoms with van der Waals surface area (Å²) in [6, 6.07) is 13.6. The van der Waals surface area contributed by atoms with Crippen molar-refractivity contribution >= 4 is 33.7 Å². The van der Waals surface area contributed by atoms with Crippen molar-refractivity contribution in [2.75, 3.05) is 0 Å². The number of nitrogens with zero attached hydrogens (tertiary/aromatic N) is 2. The van der Waals surface area contributed by atoms with Crippen LogP contribution in [0.2, 0.25) is 0 Å². The Kier molecular flexibility index (Phi) is 5.95. The van der Waals surface area contributed by atoms with Gasteiger partial charge in [0, 0.05) is 4.47 Å². The van der Waals surface area contributed by atoms with Crippen LogP contribution in [0.4, 0.5) is 10.1 Å². The molecule has 28 heavy (non-hydrogen) atoms. The zero-order chi connectivity index (χ0) is 20.1. The highest BCUT2D eigenvalue weighted by Crippen LogP contribution is 2.31. The van der Waals surface area contributed by atoms with Crippen molar-refractivity contribution < 1.29 is 18.5 Å². The summed E-state index contributed by atoms with van der Waals surface area (Å²) in [6.45, 7) is 0. The lowest BCUT2D eigenvalue weighted by molar-refractivity contribution is -0.384. The maximum absolute atomic E-state index is 13.2. The Morgan fingerprint density at radius 3 is 2.68 bits per heavy atom. The third-order valence-corrected chi connectivity index (χ3v) is 4.24. The van der Waals surface area contributed by atoms with Crippen molar-refractivity contribution in [3.05, 3.63) is 86.3 Å². The molecule has 0 aliphatic rings. The van der Waals surface area contributed by atoms with E-state index in [1.807, 2.05) is 24.3 Å². The number of rotatable bonds is 6. The Bertz CT molecular complexity index is 1050. The molecule has 0 radical (unpaired) electrons. The highest BCUT2D eigenvalue weighted by Gasteiger charge is 2.19. The van der Waals surface area contributed by atoms with Gasteiger partial charge in [-0.25, -0.2) is 9.82 Å². The number of carbonyl (C=O) groups excluding carboxylic acids is 1. The number of hydrogen-bond donors (Lipinski definition) is 1. The summed E-state index contributed by atoms with van der Waals surface area (Å²) in [5, 5.41) is 14.9. The van der Waals surface area contributed by atoms with Gasteiger partial charge in [-0.15, -0.1) is 0 Å². The van der Waals surface area contributed by atoms with Crippen LogP contribution < -0.4 is 5.43 Å². The van der Waals surface area contributed by atoms with Crippen molar-refractivity contribution in [2.24, 2.45) is 5.10 Å². The third-order valence-electron chi connectivity index (χ3n) is 3.71. The van der Waals surface area contributed by atoms with E-state index in [0.29, 0.717) is 0 Å². The third kappa shape index (κ3) is 4.89. The molecule has 0 atom stereocenters. The van der Waals surface area contributed by atoms with E-state index >= 15 is 0 Å². The summed E-state index contributed by atoms with van der Waals surface area (Å²) in [5.41, 5.74) is 2.96. The number of hydrogen-bond acceptors (Lipinski definition) is 5. The van der Waals surface area contributed by atoms with Crippen LogP contribution in [0.1, 0.15) is 11.3 Å². The van der Waals surface area contributed by atoms with E-state index in [1.165, 1.54) is 24.4 Å². The number of hydrazone groups is 1. The Morgan fingerprint density at radius 2 is 1.96 bits per heavy atom. The highest BCUT2D eigenvalue weighted by atomic mass is 79.9. The minimum atomic E-state index is -0.711. The molecule has 142 valence electrons. The summed E-state index contributed by atoms with van der Waals surface area (Å²) < 4.78 is 19.6. The van der Waals surface area contributed by atoms with Gasteiger partial charge >= 0.3 is 0 Å². The molecule has 1 N–H and O–H groups in total. The average Bonchev–Trinajstić information content (AvgIpc) is 3.12. The van der Waals surface area contributed by atoms with Gasteiger partial charge in [-0.3, -0.25) is 14.9 Å². The van der Waals surface area contributed by atoms with Crippen molar-refractivity contribution in [1.82, 2.24) is 5.43 Å². The number of benzene rings is 2. The summed E-state index contributed by atoms with van der Waals surface area (Å²) >= 11 is 3.32. The van der Waals surface area contributed by atoms with E-state index in [1.54, 1.807) is 0 Å². The molecule has 1 aromatic heterocycles. The quantitative estimate of drug-likeness (QED) is 0.344. The number of nitrogens with one attached hydrogen (secondary N) is 1. The second-order valence-corrected chi connectivity index (χ2v) is 6.63. The predicted octanol–water partition coefficient (Wildman–Crippen LogP) is 4.45. The molecule has 2 aromatic carbocycles. The molecule has 9 heteroatoms. The topological polar surface area (TPSA) is 97.7 Å². The van der Waals surface area contributed by atoms with E-state index in [0.717, 1.165) is 22.2 Å². The summed E-state index contributed by atoms with van der Waals surface area (Å²) in [5.74, 6) is -0.552. The smallest absolute Gasteiger partial charge is 0.283 e. The van der Waals surface area contributed by atoms with Crippen LogP contribution in [0.25, 0.3) is 11.3 Å². The first kappa shape index (κ1) is 19.4. The number of carbonyl (C=O) groups is 1. The molecule has 0 fully saturated rings. The normalized spacial score (nSPS) is 10.9. The molecular weight excluding hydrogens is 433 g/mol. The summed E-state index contributed by atoms with van der Waals surface area (Å²) in [7, 11) is 0. The molecule has 0 aliphatic carbocycles. The molecular formula is C19H13BrFN3O4. The number of nitro groups is 1. The fourth-order valence-corrected chi connectivity index (χ4v) is 2.69. The molecule has 0 unspecified atom stereocenters. The first-order chi connectivity index (χ1) is 13.4. The predicted molar refractivity (Wildman–Crippen MR) is 104 cm³/mol. The molecule has 7 nitrogen and oxygen atoms in total. The van der Waals surface area contributed by atoms with Crippen LogP contribution in [-0.2, 0) is 11.2 Å². The van der Waals surface area contributed by atoms with Gasteiger partial charge in [0.15, 0.2) is 0 Å². The maximum atomic E-state index is 13.2. The van der Waals surface area contributed by atoms with Gasteiger partial charge in [-0.05, 0) is 42.0 Å². The molecule has 0 saturated heterocycles. The van der Waals surface area contributed by atoms with Gasteiger partial charge in [-0.1, -0.05) is 28.1 Å². The Balaban J connectivity index is 1.65. The number of amides is 1. The van der Waals surface area contributed by atoms with Crippen molar-refractivity contribution in [3.8, 4) is 11.3 Å². The number of halogens is 2. The van der Waals surface area contributed by atoms with Crippen molar-refractivity contribution in [2.45, 2.75) is 6.42 Å². The fraction of sp³-hybridized carbons (Fsp3) is 0.0526. The first-order valence-corrected chi connectivity index (χ1v) is 8.82. The van der Waals surface area contributed by atoms with Crippen LogP contribution in [-0.4, -0.2) is 17.0 Å². The van der Waals surface area contributed by atoms with Crippen LogP contribution in [0.5, 0.6) is 0 Å². The molecule has 0 saturated carbocycles. The molecule has 1 amide bonds. The van der Waals surface area contributed by atoms with Gasteiger partial charge in [0.2, 0.25) is 5.91 Å². The lowest BCUT2D eigenvalue weighted by Gasteiger charge is -2.00. The number of furan rings is 1. The molecule has 0 spiro atoms. The average molecular weight is 446 g/mol. The Labute approximate surface area is 167 Å². The molecule has 3 rings (SSSR count). The molecule has 0 bridgehead atoms. The van der Waals surface area contributed by atoms with Crippen LogP contribution in [0, 0.1) is 15.9 Å². The van der Waals surface area contributed by atoms with E-state index in [-0.39, 0.29) is 29.4 Å². The van der Waals surface area contributed by atoms with E-state index < -0.39 is 16.4 Å². The maximum Gasteiger partial charge on any atom is 0.283 e. The van der Waals surface area contributed by atoms with E-state index in [4.69, 9.17) is 4.42 Å². The van der Waals surface area contributed by atoms with Crippen molar-refractivity contribution in [1.29, 1.82) is 0 Å². The monoisotopic (exact) mass is 445 g/mol. The van der Waals surface area contributed by atoms with Crippen molar-refractivity contribution in [3.63, 3.8) is 0 Å². The molecule has 1 heterocycles. The SMILES string of the molecule is O=C(Cc1ccc(Br)cc1)N/N=C\c1ccc(-c2ccc(F)cc2[N+](=O)[O-])o1. The second kappa shape index (κ2) is 8.57. The fourth-order valence-electron chi connectivity index (χ4n) is 2.43. The lowest BCUT2D eigenvalue weighted by Crippen LogP contribution is -2.19. The van der Waals surface area contributed by atoms with Crippen LogP contribution in [0.3, 0.4) is 0 Å². The zero-order valence-corrected chi connectivity index (χ0v) is 15.8. The van der Waals surface area contributed by atoms with Gasteiger partial charge in [0.05, 0.1) is 29.2 Å². The van der Waals surface area contributed by atoms with E-state index in [9.17, 15) is 19.3 Å². The second-order valence-electron chi connectivity index (χ2n) is 5.72. The lowest BCUT2D eigenvalue weighted by atomic mass is 10.1. The van der Waals surface area contributed by atoms with Crippen LogP contribution in [0.15, 0.2) is 68.6 Å². The minimum Gasteiger partial charge on any atom is -0.455 e. The van der Waals surface area contributed by atoms with E-state index in [2.05, 4.69) is 26.5 Å². The standard InChI is InChI=1S/C19H13BrFN3O4/c20-13-3-1-12(2-4-13)9-19(25)23-22-11-15-6-8-18(28-15)16-7-5-14(21)10-17(16)24(26)27/h1-8,10-11H,9H2,(H,23,25)/b22-11-. The molecule has 0 aliphatic heterocycles. The van der Waals surface area contributed by atoms with Gasteiger partial charge < -0.3 is 4.42 Å². The molecule has 3 aromatic rings. The Hall–Kier alpha value is -3.33. The summed E-state index contributed by atoms with van der Waals surface area (Å²) in [6.07, 6.45) is 1.44. The zero-order valence-electron chi connectivity index (χ0n) is 14.3. The largest absolute Gasteiger partial charge is 0.455 e. The van der Waals surface area contributed by atoms with Gasteiger partial charge in [0.25, 0.3) is 5.69 Å². The Morgan fingerprint density at radius 1 is 1.21 bits per heavy atom. The van der Waals surface area contributed by atoms with Gasteiger partial charge in [0.1, 0.15) is 17.3 Å². The highest BCUT2D eigenvalue weighted by molar-refractivity contribution is 9.10. The van der Waals surface area contributed by atoms with Gasteiger partial charge in [-0.2, -0.15) is 5.10 Å². The summed E-state index contributed by atoms with van der Waals surface area (Å²) in [4.78, 5) is 22.3. The first-order valence-electron chi connectivity index (χ1n) is 8.03. The minimum absolute atomic E-state index is 0.144. The number of nitro benzene ring substituents is 1.